The number of aliphatic hydroxyl groups is 1. The number of nitrogens with one attached hydrogen (secondary N) is 1. The summed E-state index contributed by atoms with van der Waals surface area (Å²) in [6.07, 6.45) is -1.39. The number of hydrogen-bond donors (Lipinski definition) is 3. The Morgan fingerprint density at radius 3 is 2.86 bits per heavy atom. The van der Waals surface area contributed by atoms with E-state index in [-0.39, 0.29) is 16.5 Å². The van der Waals surface area contributed by atoms with Crippen molar-refractivity contribution in [2.45, 2.75) is 23.8 Å². The lowest BCUT2D eigenvalue weighted by Gasteiger charge is -2.49. The number of thioether (sulfide) groups is 1. The van der Waals surface area contributed by atoms with Crippen LogP contribution in [-0.2, 0) is 23.9 Å². The number of hydrogen-bond acceptors (Lipinski definition) is 11. The Kier molecular flexibility index (Phi) is 5.83. The minimum absolute atomic E-state index is 0.0347. The van der Waals surface area contributed by atoms with Crippen LogP contribution in [-0.4, -0.2) is 55.9 Å². The lowest BCUT2D eigenvalue weighted by atomic mass is 10.0. The number of carbonyl (C=O) groups excluding carboxylic acids is 4. The number of amides is 2. The Bertz CT molecular complexity index is 1310. The van der Waals surface area contributed by atoms with E-state index in [2.05, 4.69) is 16.9 Å². The van der Waals surface area contributed by atoms with Crippen molar-refractivity contribution >= 4 is 52.0 Å². The zero-order chi connectivity index (χ0) is 24.9. The maximum Gasteiger partial charge on any atom is 0.358 e. The molecule has 0 saturated carbocycles. The van der Waals surface area contributed by atoms with E-state index in [0.29, 0.717) is 22.5 Å². The van der Waals surface area contributed by atoms with Crippen molar-refractivity contribution in [3.63, 3.8) is 0 Å². The molecule has 1 aromatic carbocycles. The van der Waals surface area contributed by atoms with Crippen LogP contribution in [0.3, 0.4) is 0 Å². The van der Waals surface area contributed by atoms with Gasteiger partial charge in [-0.15, -0.1) is 23.1 Å². The van der Waals surface area contributed by atoms with E-state index >= 15 is 0 Å². The highest BCUT2D eigenvalue weighted by Crippen LogP contribution is 2.42. The molecule has 5 rings (SSSR count). The van der Waals surface area contributed by atoms with Crippen LogP contribution in [0.1, 0.15) is 34.0 Å². The number of thiazole rings is 1. The van der Waals surface area contributed by atoms with Gasteiger partial charge in [0.15, 0.2) is 11.2 Å². The predicted octanol–water partition coefficient (Wildman–Crippen LogP) is 1.01. The summed E-state index contributed by atoms with van der Waals surface area (Å²) in [7, 11) is 0. The molecule has 11 nitrogen and oxygen atoms in total. The third-order valence-electron chi connectivity index (χ3n) is 5.67. The third kappa shape index (κ3) is 3.87. The van der Waals surface area contributed by atoms with Crippen molar-refractivity contribution in [1.82, 2.24) is 15.2 Å². The van der Waals surface area contributed by atoms with Crippen molar-refractivity contribution in [3.05, 3.63) is 70.4 Å². The minimum atomic E-state index is -1.60. The van der Waals surface area contributed by atoms with Gasteiger partial charge in [-0.2, -0.15) is 0 Å². The molecular weight excluding hydrogens is 496 g/mol. The Hall–Kier alpha value is -3.68. The van der Waals surface area contributed by atoms with Gasteiger partial charge in [-0.25, -0.2) is 14.6 Å². The van der Waals surface area contributed by atoms with Gasteiger partial charge in [0.05, 0.1) is 11.3 Å². The predicted molar refractivity (Wildman–Crippen MR) is 124 cm³/mol. The van der Waals surface area contributed by atoms with E-state index in [1.165, 1.54) is 28.1 Å². The van der Waals surface area contributed by atoms with Crippen LogP contribution in [0.15, 0.2) is 53.6 Å². The van der Waals surface area contributed by atoms with E-state index in [9.17, 15) is 24.3 Å². The van der Waals surface area contributed by atoms with Gasteiger partial charge < -0.3 is 25.6 Å². The van der Waals surface area contributed by atoms with Gasteiger partial charge >= 0.3 is 11.9 Å². The Morgan fingerprint density at radius 1 is 1.37 bits per heavy atom. The fraction of sp³-hybridized carbons (Fsp3) is 0.227. The second kappa shape index (κ2) is 8.83. The Balaban J connectivity index is 1.32. The highest BCUT2D eigenvalue weighted by molar-refractivity contribution is 8.00. The summed E-state index contributed by atoms with van der Waals surface area (Å²) in [5.74, 6) is -2.53. The van der Waals surface area contributed by atoms with Crippen LogP contribution in [0, 0.1) is 0 Å². The van der Waals surface area contributed by atoms with Gasteiger partial charge in [0.1, 0.15) is 17.1 Å². The SMILES string of the molecule is C=CC1=C(C(=O)OC2OC(=O)c3ccccc32)N2C(=O)C(NC(=O)C(O)c3csc(N)n3)[C@@H]2SC1. The quantitative estimate of drug-likeness (QED) is 0.375. The average Bonchev–Trinajstić information content (AvgIpc) is 3.43. The maximum atomic E-state index is 13.1. The first-order valence-electron chi connectivity index (χ1n) is 10.3. The number of cyclic esters (lactones) is 1. The number of β-lactam (4-membered cyclic amide) rings is 1. The van der Waals surface area contributed by atoms with Gasteiger partial charge in [0, 0.05) is 16.7 Å². The molecule has 0 aliphatic carbocycles. The first-order chi connectivity index (χ1) is 16.8. The largest absolute Gasteiger partial charge is 0.417 e. The lowest BCUT2D eigenvalue weighted by Crippen LogP contribution is -2.70. The van der Waals surface area contributed by atoms with Gasteiger partial charge in [-0.1, -0.05) is 30.9 Å². The first kappa shape index (κ1) is 23.1. The number of aromatic nitrogens is 1. The van der Waals surface area contributed by atoms with Gasteiger partial charge in [-0.3, -0.25) is 14.5 Å². The number of allylic oxidation sites excluding steroid dienone is 1. The van der Waals surface area contributed by atoms with E-state index in [1.54, 1.807) is 24.3 Å². The molecule has 4 heterocycles. The summed E-state index contributed by atoms with van der Waals surface area (Å²) in [4.78, 5) is 55.8. The zero-order valence-corrected chi connectivity index (χ0v) is 19.5. The van der Waals surface area contributed by atoms with Gasteiger partial charge in [0.2, 0.25) is 0 Å². The molecule has 0 bridgehead atoms. The summed E-state index contributed by atoms with van der Waals surface area (Å²) < 4.78 is 10.6. The molecule has 4 atom stereocenters. The molecule has 13 heteroatoms. The molecule has 0 spiro atoms. The molecule has 35 heavy (non-hydrogen) atoms. The fourth-order valence-corrected chi connectivity index (χ4v) is 5.86. The number of ether oxygens (including phenoxy) is 2. The number of nitrogen functional groups attached to an aromatic ring is 1. The molecular formula is C22H18N4O7S2. The van der Waals surface area contributed by atoms with Crippen LogP contribution in [0.5, 0.6) is 0 Å². The van der Waals surface area contributed by atoms with Crippen LogP contribution in [0.4, 0.5) is 5.13 Å². The molecule has 1 fully saturated rings. The number of aliphatic hydroxyl groups excluding tert-OH is 1. The molecule has 3 aliphatic heterocycles. The minimum Gasteiger partial charge on any atom is -0.417 e. The zero-order valence-electron chi connectivity index (χ0n) is 17.9. The van der Waals surface area contributed by atoms with Crippen LogP contribution >= 0.6 is 23.1 Å². The fourth-order valence-electron chi connectivity index (χ4n) is 3.93. The summed E-state index contributed by atoms with van der Waals surface area (Å²) in [6.45, 7) is 3.71. The second-order valence-electron chi connectivity index (χ2n) is 7.72. The number of rotatable bonds is 6. The van der Waals surface area contributed by atoms with Crippen molar-refractivity contribution in [2.24, 2.45) is 0 Å². The number of benzene rings is 1. The Morgan fingerprint density at radius 2 is 2.14 bits per heavy atom. The number of nitrogens with two attached hydrogens (primary N) is 1. The summed E-state index contributed by atoms with van der Waals surface area (Å²) in [5, 5.41) is 13.8. The second-order valence-corrected chi connectivity index (χ2v) is 9.71. The van der Waals surface area contributed by atoms with Crippen molar-refractivity contribution < 1.29 is 33.8 Å². The molecule has 0 radical (unpaired) electrons. The lowest BCUT2D eigenvalue weighted by molar-refractivity contribution is -0.168. The van der Waals surface area contributed by atoms with Crippen molar-refractivity contribution in [3.8, 4) is 0 Å². The molecule has 2 aromatic rings. The van der Waals surface area contributed by atoms with Crippen LogP contribution < -0.4 is 11.1 Å². The summed E-state index contributed by atoms with van der Waals surface area (Å²) in [5.41, 5.74) is 6.75. The first-order valence-corrected chi connectivity index (χ1v) is 12.2. The molecule has 3 aliphatic rings. The number of esters is 2. The standard InChI is InChI=1S/C22H18N4O7S2/c1-2-9-7-34-18-13(25-16(28)15(27)12-8-35-22(23)24-12)17(29)26(18)14(9)20(31)33-21-11-6-4-3-5-10(11)19(30)32-21/h2-6,8,13,15,18,21,27H,1,7H2,(H2,23,24)(H,25,28)/t13?,15?,18-,21?/m0/s1. The summed E-state index contributed by atoms with van der Waals surface area (Å²) >= 11 is 2.39. The van der Waals surface area contributed by atoms with Gasteiger partial charge in [-0.05, 0) is 11.6 Å². The number of carbonyl (C=O) groups is 4. The smallest absolute Gasteiger partial charge is 0.358 e. The van der Waals surface area contributed by atoms with Crippen LogP contribution in [0.2, 0.25) is 0 Å². The monoisotopic (exact) mass is 514 g/mol. The third-order valence-corrected chi connectivity index (χ3v) is 7.66. The van der Waals surface area contributed by atoms with Crippen LogP contribution in [0.25, 0.3) is 0 Å². The number of anilines is 1. The van der Waals surface area contributed by atoms with Crippen molar-refractivity contribution in [1.29, 1.82) is 0 Å². The molecule has 3 unspecified atom stereocenters. The highest BCUT2D eigenvalue weighted by Gasteiger charge is 2.55. The molecule has 4 N–H and O–H groups in total. The van der Waals surface area contributed by atoms with Crippen molar-refractivity contribution in [2.75, 3.05) is 11.5 Å². The van der Waals surface area contributed by atoms with E-state index in [4.69, 9.17) is 15.2 Å². The van der Waals surface area contributed by atoms with Gasteiger partial charge in [0.25, 0.3) is 18.1 Å². The van der Waals surface area contributed by atoms with E-state index in [0.717, 1.165) is 11.3 Å². The van der Waals surface area contributed by atoms with E-state index < -0.39 is 47.6 Å². The average molecular weight is 515 g/mol. The topological polar surface area (TPSA) is 161 Å². The Labute approximate surface area is 206 Å². The normalized spacial score (nSPS) is 23.6. The molecule has 1 saturated heterocycles. The molecule has 1 aromatic heterocycles. The maximum absolute atomic E-state index is 13.1. The number of fused-ring (bicyclic) bond motifs is 2. The highest BCUT2D eigenvalue weighted by atomic mass is 32.2. The molecule has 2 amide bonds. The summed E-state index contributed by atoms with van der Waals surface area (Å²) in [6, 6.07) is 5.55. The van der Waals surface area contributed by atoms with E-state index in [1.807, 2.05) is 0 Å². The number of nitrogens with zero attached hydrogens (tertiary/aromatic N) is 2. The molecule has 180 valence electrons.